The summed E-state index contributed by atoms with van der Waals surface area (Å²) in [6.07, 6.45) is 3.28. The summed E-state index contributed by atoms with van der Waals surface area (Å²) in [7, 11) is 0. The van der Waals surface area contributed by atoms with Crippen LogP contribution in [0, 0.1) is 17.0 Å². The van der Waals surface area contributed by atoms with Crippen molar-refractivity contribution in [1.82, 2.24) is 20.3 Å². The molecule has 0 unspecified atom stereocenters. The van der Waals surface area contributed by atoms with E-state index < -0.39 is 11.6 Å². The number of benzene rings is 2. The molecule has 0 bridgehead atoms. The van der Waals surface area contributed by atoms with Crippen LogP contribution in [-0.2, 0) is 4.79 Å². The first-order valence-corrected chi connectivity index (χ1v) is 11.0. The lowest BCUT2D eigenvalue weighted by molar-refractivity contribution is -0.123. The van der Waals surface area contributed by atoms with Crippen molar-refractivity contribution in [2.24, 2.45) is 5.41 Å². The van der Waals surface area contributed by atoms with E-state index >= 15 is 0 Å². The van der Waals surface area contributed by atoms with Gasteiger partial charge in [0.1, 0.15) is 11.6 Å². The van der Waals surface area contributed by atoms with Gasteiger partial charge in [0, 0.05) is 41.6 Å². The fourth-order valence-corrected chi connectivity index (χ4v) is 3.19. The van der Waals surface area contributed by atoms with E-state index in [0.29, 0.717) is 46.1 Å². The molecule has 1 amide bonds. The van der Waals surface area contributed by atoms with Gasteiger partial charge in [-0.25, -0.2) is 18.7 Å². The smallest absolute Gasteiger partial charge is 0.257 e. The SMILES string of the molecule is CC(C)(C)CNC(=O)COc1ccc2nc(-c3cccnc3)nc(Nc3ccc(F)c(F)c3)c2c1. The van der Waals surface area contributed by atoms with Crippen LogP contribution >= 0.6 is 0 Å². The van der Waals surface area contributed by atoms with Crippen LogP contribution in [0.4, 0.5) is 20.3 Å². The molecule has 7 nitrogen and oxygen atoms in total. The van der Waals surface area contributed by atoms with Gasteiger partial charge in [0.2, 0.25) is 0 Å². The summed E-state index contributed by atoms with van der Waals surface area (Å²) in [6, 6.07) is 12.2. The molecular weight excluding hydrogens is 452 g/mol. The maximum absolute atomic E-state index is 13.8. The van der Waals surface area contributed by atoms with Crippen LogP contribution in [0.5, 0.6) is 5.75 Å². The number of halogens is 2. The van der Waals surface area contributed by atoms with Crippen LogP contribution in [0.25, 0.3) is 22.3 Å². The van der Waals surface area contributed by atoms with E-state index in [-0.39, 0.29) is 17.9 Å². The van der Waals surface area contributed by atoms with E-state index in [2.05, 4.69) is 25.6 Å². The first-order valence-electron chi connectivity index (χ1n) is 11.0. The molecule has 2 aromatic heterocycles. The third-order valence-corrected chi connectivity index (χ3v) is 4.96. The fraction of sp³-hybridized carbons (Fsp3) is 0.231. The molecule has 9 heteroatoms. The first kappa shape index (κ1) is 24.0. The monoisotopic (exact) mass is 477 g/mol. The standard InChI is InChI=1S/C26H25F2N5O2/c1-26(2,3)15-30-23(34)14-35-18-7-9-22-19(12-18)25(31-17-6-8-20(27)21(28)11-17)33-24(32-22)16-5-4-10-29-13-16/h4-13H,14-15H2,1-3H3,(H,30,34)(H,31,32,33). The molecule has 0 radical (unpaired) electrons. The highest BCUT2D eigenvalue weighted by Gasteiger charge is 2.14. The summed E-state index contributed by atoms with van der Waals surface area (Å²) >= 11 is 0. The third-order valence-electron chi connectivity index (χ3n) is 4.96. The number of nitrogens with one attached hydrogen (secondary N) is 2. The van der Waals surface area contributed by atoms with Crippen molar-refractivity contribution in [3.63, 3.8) is 0 Å². The minimum atomic E-state index is -0.980. The van der Waals surface area contributed by atoms with E-state index in [1.54, 1.807) is 36.7 Å². The predicted octanol–water partition coefficient (Wildman–Crippen LogP) is 5.25. The normalized spacial score (nSPS) is 11.3. The van der Waals surface area contributed by atoms with Gasteiger partial charge in [0.25, 0.3) is 5.91 Å². The van der Waals surface area contributed by atoms with Gasteiger partial charge in [0.15, 0.2) is 24.1 Å². The van der Waals surface area contributed by atoms with Gasteiger partial charge in [-0.1, -0.05) is 20.8 Å². The van der Waals surface area contributed by atoms with Crippen LogP contribution < -0.4 is 15.4 Å². The lowest BCUT2D eigenvalue weighted by Gasteiger charge is -2.18. The second-order valence-electron chi connectivity index (χ2n) is 9.20. The summed E-state index contributed by atoms with van der Waals surface area (Å²) in [6.45, 7) is 6.46. The number of amides is 1. The van der Waals surface area contributed by atoms with Gasteiger partial charge < -0.3 is 15.4 Å². The maximum Gasteiger partial charge on any atom is 0.257 e. The number of carbonyl (C=O) groups is 1. The van der Waals surface area contributed by atoms with Crippen molar-refractivity contribution in [2.75, 3.05) is 18.5 Å². The van der Waals surface area contributed by atoms with Gasteiger partial charge >= 0.3 is 0 Å². The van der Waals surface area contributed by atoms with E-state index in [0.717, 1.165) is 12.1 Å². The molecule has 0 atom stereocenters. The van der Waals surface area contributed by atoms with Gasteiger partial charge in [-0.3, -0.25) is 9.78 Å². The molecule has 0 aliphatic heterocycles. The highest BCUT2D eigenvalue weighted by Crippen LogP contribution is 2.30. The Balaban J connectivity index is 1.66. The highest BCUT2D eigenvalue weighted by atomic mass is 19.2. The van der Waals surface area contributed by atoms with Crippen molar-refractivity contribution in [3.05, 3.63) is 72.6 Å². The number of rotatable bonds is 7. The molecule has 4 rings (SSSR count). The Morgan fingerprint density at radius 3 is 2.57 bits per heavy atom. The minimum absolute atomic E-state index is 0.0394. The van der Waals surface area contributed by atoms with Crippen LogP contribution in [0.2, 0.25) is 0 Å². The molecule has 35 heavy (non-hydrogen) atoms. The van der Waals surface area contributed by atoms with E-state index in [1.165, 1.54) is 6.07 Å². The molecule has 0 spiro atoms. The Morgan fingerprint density at radius 1 is 1.03 bits per heavy atom. The van der Waals surface area contributed by atoms with Crippen molar-refractivity contribution in [1.29, 1.82) is 0 Å². The molecule has 2 aromatic carbocycles. The van der Waals surface area contributed by atoms with Crippen LogP contribution in [0.1, 0.15) is 20.8 Å². The molecule has 2 heterocycles. The number of hydrogen-bond acceptors (Lipinski definition) is 6. The van der Waals surface area contributed by atoms with Crippen molar-refractivity contribution in [2.45, 2.75) is 20.8 Å². The number of hydrogen-bond donors (Lipinski definition) is 2. The number of nitrogens with zero attached hydrogens (tertiary/aromatic N) is 3. The minimum Gasteiger partial charge on any atom is -0.484 e. The fourth-order valence-electron chi connectivity index (χ4n) is 3.19. The van der Waals surface area contributed by atoms with E-state index in [4.69, 9.17) is 4.74 Å². The number of ether oxygens (including phenoxy) is 1. The Labute approximate surface area is 201 Å². The van der Waals surface area contributed by atoms with Crippen molar-refractivity contribution >= 4 is 28.3 Å². The zero-order valence-corrected chi connectivity index (χ0v) is 19.6. The maximum atomic E-state index is 13.8. The lowest BCUT2D eigenvalue weighted by atomic mass is 9.97. The van der Waals surface area contributed by atoms with Crippen LogP contribution in [0.15, 0.2) is 60.9 Å². The largest absolute Gasteiger partial charge is 0.484 e. The molecule has 2 N–H and O–H groups in total. The number of carbonyl (C=O) groups excluding carboxylic acids is 1. The van der Waals surface area contributed by atoms with Gasteiger partial charge in [0.05, 0.1) is 5.52 Å². The Kier molecular flexibility index (Phi) is 6.86. The number of pyridine rings is 1. The van der Waals surface area contributed by atoms with Gasteiger partial charge in [-0.15, -0.1) is 0 Å². The molecule has 0 saturated carbocycles. The number of fused-ring (bicyclic) bond motifs is 1. The molecular formula is C26H25F2N5O2. The topological polar surface area (TPSA) is 89.0 Å². The molecule has 0 aliphatic carbocycles. The second-order valence-corrected chi connectivity index (χ2v) is 9.20. The first-order chi connectivity index (χ1) is 16.7. The van der Waals surface area contributed by atoms with E-state index in [1.807, 2.05) is 26.8 Å². The lowest BCUT2D eigenvalue weighted by Crippen LogP contribution is -2.35. The predicted molar refractivity (Wildman–Crippen MR) is 130 cm³/mol. The molecule has 180 valence electrons. The second kappa shape index (κ2) is 10.0. The number of aromatic nitrogens is 3. The average molecular weight is 478 g/mol. The van der Waals surface area contributed by atoms with Crippen LogP contribution in [-0.4, -0.2) is 34.0 Å². The third kappa shape index (κ3) is 6.26. The molecule has 4 aromatic rings. The number of anilines is 2. The molecule has 0 fully saturated rings. The molecule has 0 saturated heterocycles. The van der Waals surface area contributed by atoms with Crippen LogP contribution in [0.3, 0.4) is 0 Å². The van der Waals surface area contributed by atoms with Crippen molar-refractivity contribution < 1.29 is 18.3 Å². The molecule has 0 aliphatic rings. The van der Waals surface area contributed by atoms with E-state index in [9.17, 15) is 13.6 Å². The average Bonchev–Trinajstić information content (AvgIpc) is 2.83. The summed E-state index contributed by atoms with van der Waals surface area (Å²) in [4.78, 5) is 25.5. The summed E-state index contributed by atoms with van der Waals surface area (Å²) in [5.74, 6) is -0.947. The Bertz CT molecular complexity index is 1360. The Morgan fingerprint density at radius 2 is 1.86 bits per heavy atom. The Hall–Kier alpha value is -4.14. The summed E-state index contributed by atoms with van der Waals surface area (Å²) in [5, 5.41) is 6.46. The quantitative estimate of drug-likeness (QED) is 0.378. The summed E-state index contributed by atoms with van der Waals surface area (Å²) < 4.78 is 32.9. The van der Waals surface area contributed by atoms with Gasteiger partial charge in [-0.2, -0.15) is 0 Å². The van der Waals surface area contributed by atoms with Gasteiger partial charge in [-0.05, 0) is 47.9 Å². The summed E-state index contributed by atoms with van der Waals surface area (Å²) in [5.41, 5.74) is 1.56. The highest BCUT2D eigenvalue weighted by molar-refractivity contribution is 5.93. The zero-order chi connectivity index (χ0) is 25.0. The zero-order valence-electron chi connectivity index (χ0n) is 19.6. The van der Waals surface area contributed by atoms with Crippen molar-refractivity contribution in [3.8, 4) is 17.1 Å².